The molecule has 1 N–H and O–H groups in total. The number of para-hydroxylation sites is 1. The van der Waals surface area contributed by atoms with E-state index >= 15 is 0 Å². The number of halogens is 3. The highest BCUT2D eigenvalue weighted by atomic mass is 32.2. The van der Waals surface area contributed by atoms with Gasteiger partial charge in [-0.05, 0) is 31.2 Å². The van der Waals surface area contributed by atoms with E-state index in [1.54, 1.807) is 24.3 Å². The SMILES string of the molecule is COc1ccccc1CNC(=O)[C@H](C)N(c1cccc(C(F)(F)F)c1)S(C)(=O)=O. The second kappa shape index (κ2) is 8.73. The molecule has 0 heterocycles. The fourth-order valence-electron chi connectivity index (χ4n) is 2.81. The van der Waals surface area contributed by atoms with E-state index in [4.69, 9.17) is 4.74 Å². The zero-order valence-corrected chi connectivity index (χ0v) is 16.8. The van der Waals surface area contributed by atoms with Gasteiger partial charge in [0, 0.05) is 12.1 Å². The van der Waals surface area contributed by atoms with E-state index in [2.05, 4.69) is 5.32 Å². The highest BCUT2D eigenvalue weighted by Gasteiger charge is 2.34. The second-order valence-corrected chi connectivity index (χ2v) is 8.17. The molecule has 29 heavy (non-hydrogen) atoms. The molecule has 0 radical (unpaired) electrons. The smallest absolute Gasteiger partial charge is 0.416 e. The van der Waals surface area contributed by atoms with Gasteiger partial charge in [0.2, 0.25) is 15.9 Å². The summed E-state index contributed by atoms with van der Waals surface area (Å²) < 4.78 is 69.4. The Bertz CT molecular complexity index is 977. The van der Waals surface area contributed by atoms with Crippen LogP contribution in [0, 0.1) is 0 Å². The third kappa shape index (κ3) is 5.63. The molecule has 2 aromatic rings. The van der Waals surface area contributed by atoms with Crippen LogP contribution < -0.4 is 14.4 Å². The van der Waals surface area contributed by atoms with E-state index in [9.17, 15) is 26.4 Å². The fourth-order valence-corrected chi connectivity index (χ4v) is 3.97. The van der Waals surface area contributed by atoms with Crippen LogP contribution in [0.5, 0.6) is 5.75 Å². The van der Waals surface area contributed by atoms with Gasteiger partial charge in [-0.25, -0.2) is 8.42 Å². The standard InChI is InChI=1S/C19H21F3N2O4S/c1-13(18(25)23-12-14-7-4-5-10-17(14)28-2)24(29(3,26)27)16-9-6-8-15(11-16)19(20,21)22/h4-11,13H,12H2,1-3H3,(H,23,25)/t13-/m0/s1. The van der Waals surface area contributed by atoms with Crippen molar-refractivity contribution in [2.24, 2.45) is 0 Å². The molecule has 0 spiro atoms. The Hall–Kier alpha value is -2.75. The maximum Gasteiger partial charge on any atom is 0.416 e. The quantitative estimate of drug-likeness (QED) is 0.732. The first kappa shape index (κ1) is 22.5. The summed E-state index contributed by atoms with van der Waals surface area (Å²) in [6, 6.07) is 9.49. The predicted molar refractivity (Wildman–Crippen MR) is 103 cm³/mol. The molecule has 0 aromatic heterocycles. The lowest BCUT2D eigenvalue weighted by Crippen LogP contribution is -2.47. The van der Waals surface area contributed by atoms with Gasteiger partial charge in [0.15, 0.2) is 0 Å². The molecule has 0 aliphatic rings. The predicted octanol–water partition coefficient (Wildman–Crippen LogP) is 3.18. The molecule has 0 aliphatic heterocycles. The number of rotatable bonds is 7. The van der Waals surface area contributed by atoms with Crippen molar-refractivity contribution in [1.29, 1.82) is 0 Å². The molecular formula is C19H21F3N2O4S. The van der Waals surface area contributed by atoms with Gasteiger partial charge in [-0.1, -0.05) is 24.3 Å². The Kier molecular flexibility index (Phi) is 6.78. The first-order chi connectivity index (χ1) is 13.4. The number of benzene rings is 2. The first-order valence-corrected chi connectivity index (χ1v) is 10.4. The third-order valence-electron chi connectivity index (χ3n) is 4.16. The van der Waals surface area contributed by atoms with Crippen molar-refractivity contribution in [3.63, 3.8) is 0 Å². The van der Waals surface area contributed by atoms with Crippen LogP contribution in [0.25, 0.3) is 0 Å². The average molecular weight is 430 g/mol. The van der Waals surface area contributed by atoms with Crippen LogP contribution >= 0.6 is 0 Å². The Morgan fingerprint density at radius 1 is 1.17 bits per heavy atom. The van der Waals surface area contributed by atoms with E-state index in [0.717, 1.165) is 18.4 Å². The summed E-state index contributed by atoms with van der Waals surface area (Å²) in [6.07, 6.45) is -3.81. The molecule has 2 rings (SSSR count). The molecule has 1 atom stereocenters. The first-order valence-electron chi connectivity index (χ1n) is 8.51. The summed E-state index contributed by atoms with van der Waals surface area (Å²) in [7, 11) is -2.57. The number of hydrogen-bond donors (Lipinski definition) is 1. The Balaban J connectivity index is 2.28. The zero-order valence-electron chi connectivity index (χ0n) is 16.0. The highest BCUT2D eigenvalue weighted by molar-refractivity contribution is 7.92. The average Bonchev–Trinajstić information content (AvgIpc) is 2.64. The lowest BCUT2D eigenvalue weighted by molar-refractivity contribution is -0.137. The minimum absolute atomic E-state index is 0.0629. The summed E-state index contributed by atoms with van der Waals surface area (Å²) in [5.74, 6) is -0.128. The summed E-state index contributed by atoms with van der Waals surface area (Å²) in [6.45, 7) is 1.37. The van der Waals surface area contributed by atoms with Crippen LogP contribution in [0.1, 0.15) is 18.1 Å². The van der Waals surface area contributed by atoms with Crippen molar-refractivity contribution in [2.75, 3.05) is 17.7 Å². The van der Waals surface area contributed by atoms with Gasteiger partial charge in [-0.2, -0.15) is 13.2 Å². The highest BCUT2D eigenvalue weighted by Crippen LogP contribution is 2.32. The van der Waals surface area contributed by atoms with Crippen molar-refractivity contribution in [2.45, 2.75) is 25.7 Å². The topological polar surface area (TPSA) is 75.7 Å². The van der Waals surface area contributed by atoms with Gasteiger partial charge in [-0.15, -0.1) is 0 Å². The van der Waals surface area contributed by atoms with Gasteiger partial charge in [0.25, 0.3) is 0 Å². The molecule has 0 aliphatic carbocycles. The van der Waals surface area contributed by atoms with Crippen molar-refractivity contribution < 1.29 is 31.1 Å². The number of alkyl halides is 3. The number of amides is 1. The number of nitrogens with one attached hydrogen (secondary N) is 1. The zero-order chi connectivity index (χ0) is 21.8. The van der Waals surface area contributed by atoms with Crippen LogP contribution in [-0.2, 0) is 27.5 Å². The van der Waals surface area contributed by atoms with Gasteiger partial charge in [0.1, 0.15) is 11.8 Å². The fraction of sp³-hybridized carbons (Fsp3) is 0.316. The molecule has 6 nitrogen and oxygen atoms in total. The number of carbonyl (C=O) groups is 1. The molecule has 2 aromatic carbocycles. The van der Waals surface area contributed by atoms with Crippen molar-refractivity contribution in [1.82, 2.24) is 5.32 Å². The number of sulfonamides is 1. The molecule has 10 heteroatoms. The van der Waals surface area contributed by atoms with Gasteiger partial charge in [0.05, 0.1) is 24.6 Å². The lowest BCUT2D eigenvalue weighted by atomic mass is 10.1. The van der Waals surface area contributed by atoms with E-state index in [0.29, 0.717) is 21.7 Å². The van der Waals surface area contributed by atoms with Crippen LogP contribution in [0.4, 0.5) is 18.9 Å². The Morgan fingerprint density at radius 3 is 2.41 bits per heavy atom. The van der Waals surface area contributed by atoms with Gasteiger partial charge in [-0.3, -0.25) is 9.10 Å². The second-order valence-electron chi connectivity index (χ2n) is 6.31. The monoisotopic (exact) mass is 430 g/mol. The van der Waals surface area contributed by atoms with Crippen molar-refractivity contribution in [3.8, 4) is 5.75 Å². The Morgan fingerprint density at radius 2 is 1.83 bits per heavy atom. The number of methoxy groups -OCH3 is 1. The summed E-state index contributed by atoms with van der Waals surface area (Å²) >= 11 is 0. The van der Waals surface area contributed by atoms with Crippen molar-refractivity contribution in [3.05, 3.63) is 59.7 Å². The number of hydrogen-bond acceptors (Lipinski definition) is 4. The van der Waals surface area contributed by atoms with Crippen LogP contribution in [0.2, 0.25) is 0 Å². The van der Waals surface area contributed by atoms with Crippen LogP contribution in [0.3, 0.4) is 0 Å². The molecule has 1 amide bonds. The number of anilines is 1. The Labute approximate surface area is 167 Å². The largest absolute Gasteiger partial charge is 0.496 e. The molecular weight excluding hydrogens is 409 g/mol. The number of carbonyl (C=O) groups excluding carboxylic acids is 1. The summed E-state index contributed by atoms with van der Waals surface area (Å²) in [4.78, 5) is 12.6. The minimum Gasteiger partial charge on any atom is -0.496 e. The molecule has 0 saturated carbocycles. The molecule has 158 valence electrons. The maximum absolute atomic E-state index is 13.0. The number of ether oxygens (including phenoxy) is 1. The summed E-state index contributed by atoms with van der Waals surface area (Å²) in [5, 5.41) is 2.59. The van der Waals surface area contributed by atoms with E-state index < -0.39 is 33.7 Å². The van der Waals surface area contributed by atoms with E-state index in [1.807, 2.05) is 0 Å². The minimum atomic E-state index is -4.64. The van der Waals surface area contributed by atoms with E-state index in [1.165, 1.54) is 20.1 Å². The normalized spacial score (nSPS) is 12.9. The number of nitrogens with zero attached hydrogens (tertiary/aromatic N) is 1. The van der Waals surface area contributed by atoms with Crippen molar-refractivity contribution >= 4 is 21.6 Å². The molecule has 0 unspecified atom stereocenters. The van der Waals surface area contributed by atoms with Crippen LogP contribution in [-0.4, -0.2) is 33.7 Å². The van der Waals surface area contributed by atoms with Gasteiger partial charge < -0.3 is 10.1 Å². The van der Waals surface area contributed by atoms with Gasteiger partial charge >= 0.3 is 6.18 Å². The molecule has 0 saturated heterocycles. The van der Waals surface area contributed by atoms with E-state index in [-0.39, 0.29) is 12.2 Å². The maximum atomic E-state index is 13.0. The molecule has 0 fully saturated rings. The lowest BCUT2D eigenvalue weighted by Gasteiger charge is -2.28. The summed E-state index contributed by atoms with van der Waals surface area (Å²) in [5.41, 5.74) is -0.590. The van der Waals surface area contributed by atoms with Crippen LogP contribution in [0.15, 0.2) is 48.5 Å². The molecule has 0 bridgehead atoms. The third-order valence-corrected chi connectivity index (χ3v) is 5.40.